The first kappa shape index (κ1) is 13.4. The molecule has 0 amide bonds. The van der Waals surface area contributed by atoms with E-state index in [1.165, 1.54) is 0 Å². The topological polar surface area (TPSA) is 46.6 Å². The van der Waals surface area contributed by atoms with Gasteiger partial charge in [-0.05, 0) is 12.3 Å². The Kier molecular flexibility index (Phi) is 2.82. The molecule has 20 heavy (non-hydrogen) atoms. The summed E-state index contributed by atoms with van der Waals surface area (Å²) < 4.78 is 6.04. The Morgan fingerprint density at radius 1 is 1.40 bits per heavy atom. The number of hydrogen-bond acceptors (Lipinski definition) is 4. The summed E-state index contributed by atoms with van der Waals surface area (Å²) in [5, 5.41) is 0. The number of allylic oxidation sites excluding steroid dienone is 3. The average molecular weight is 275 g/mol. The van der Waals surface area contributed by atoms with Crippen molar-refractivity contribution < 1.29 is 14.3 Å². The molecule has 0 aromatic carbocycles. The predicted octanol–water partition coefficient (Wildman–Crippen LogP) is 2.41. The van der Waals surface area contributed by atoms with Crippen LogP contribution in [0.15, 0.2) is 23.1 Å². The second kappa shape index (κ2) is 4.21. The molecule has 0 spiro atoms. The molecule has 108 valence electrons. The van der Waals surface area contributed by atoms with Gasteiger partial charge in [-0.1, -0.05) is 13.8 Å². The summed E-state index contributed by atoms with van der Waals surface area (Å²) in [5.41, 5.74) is 1.45. The number of ether oxygens (including phenoxy) is 1. The first-order valence-electron chi connectivity index (χ1n) is 7.16. The number of Topliss-reactive ketones (excluding diaryl/α,β-unsaturated/α-hetero) is 2. The Hall–Kier alpha value is -1.58. The average Bonchev–Trinajstić information content (AvgIpc) is 2.30. The molecular weight excluding hydrogens is 254 g/mol. The normalized spacial score (nSPS) is 31.5. The molecule has 0 aromatic heterocycles. The molecule has 3 aliphatic rings. The van der Waals surface area contributed by atoms with Gasteiger partial charge in [0.25, 0.3) is 0 Å². The Bertz CT molecular complexity index is 556. The van der Waals surface area contributed by atoms with E-state index in [4.69, 9.17) is 4.74 Å². The van der Waals surface area contributed by atoms with Gasteiger partial charge in [0.05, 0.1) is 0 Å². The number of ketones is 2. The van der Waals surface area contributed by atoms with E-state index in [0.29, 0.717) is 12.8 Å². The van der Waals surface area contributed by atoms with Gasteiger partial charge in [-0.3, -0.25) is 9.59 Å². The predicted molar refractivity (Wildman–Crippen MR) is 74.6 cm³/mol. The van der Waals surface area contributed by atoms with Crippen LogP contribution < -0.4 is 0 Å². The lowest BCUT2D eigenvalue weighted by molar-refractivity contribution is -0.122. The minimum atomic E-state index is -0.0685. The van der Waals surface area contributed by atoms with Crippen molar-refractivity contribution >= 4 is 11.6 Å². The highest BCUT2D eigenvalue weighted by molar-refractivity contribution is 6.02. The van der Waals surface area contributed by atoms with Crippen molar-refractivity contribution in [1.29, 1.82) is 0 Å². The highest BCUT2D eigenvalue weighted by atomic mass is 16.5. The maximum atomic E-state index is 12.5. The van der Waals surface area contributed by atoms with Crippen LogP contribution in [0.4, 0.5) is 0 Å². The van der Waals surface area contributed by atoms with Crippen LogP contribution in [0.25, 0.3) is 0 Å². The molecule has 4 heteroatoms. The maximum absolute atomic E-state index is 12.5. The van der Waals surface area contributed by atoms with Crippen molar-refractivity contribution in [3.8, 4) is 0 Å². The van der Waals surface area contributed by atoms with Crippen molar-refractivity contribution in [3.05, 3.63) is 23.1 Å². The van der Waals surface area contributed by atoms with E-state index in [0.717, 1.165) is 23.3 Å². The Balaban J connectivity index is 2.08. The zero-order valence-electron chi connectivity index (χ0n) is 12.5. The zero-order chi connectivity index (χ0) is 14.7. The molecule has 4 nitrogen and oxygen atoms in total. The molecule has 1 aliphatic carbocycles. The second-order valence-corrected chi connectivity index (χ2v) is 6.94. The molecule has 0 aromatic rings. The molecule has 2 aliphatic heterocycles. The molecular formula is C16H21NO3. The molecule has 0 saturated heterocycles. The zero-order valence-corrected chi connectivity index (χ0v) is 12.5. The number of nitrogens with zero attached hydrogens (tertiary/aromatic N) is 1. The molecule has 0 radical (unpaired) electrons. The van der Waals surface area contributed by atoms with Crippen LogP contribution in [0.2, 0.25) is 0 Å². The number of carbonyl (C=O) groups is 2. The lowest BCUT2D eigenvalue weighted by Gasteiger charge is -2.45. The second-order valence-electron chi connectivity index (χ2n) is 6.94. The van der Waals surface area contributed by atoms with Crippen LogP contribution in [-0.2, 0) is 14.3 Å². The first-order chi connectivity index (χ1) is 9.28. The number of hydrogen-bond donors (Lipinski definition) is 0. The molecule has 0 unspecified atom stereocenters. The third kappa shape index (κ3) is 1.98. The Labute approximate surface area is 119 Å². The van der Waals surface area contributed by atoms with Crippen molar-refractivity contribution in [3.63, 3.8) is 0 Å². The monoisotopic (exact) mass is 275 g/mol. The van der Waals surface area contributed by atoms with Crippen LogP contribution in [0.1, 0.15) is 40.0 Å². The van der Waals surface area contributed by atoms with E-state index in [-0.39, 0.29) is 29.1 Å². The third-order valence-corrected chi connectivity index (χ3v) is 4.52. The summed E-state index contributed by atoms with van der Waals surface area (Å²) in [4.78, 5) is 26.3. The van der Waals surface area contributed by atoms with Crippen molar-refractivity contribution in [2.45, 2.75) is 46.3 Å². The highest BCUT2D eigenvalue weighted by Crippen LogP contribution is 2.47. The van der Waals surface area contributed by atoms with Crippen LogP contribution in [0, 0.1) is 11.3 Å². The molecule has 0 fully saturated rings. The number of fused-ring (bicyclic) bond motifs is 3. The minimum Gasteiger partial charge on any atom is -0.474 e. The lowest BCUT2D eigenvalue weighted by atomic mass is 9.69. The van der Waals surface area contributed by atoms with Crippen LogP contribution >= 0.6 is 0 Å². The van der Waals surface area contributed by atoms with Crippen molar-refractivity contribution in [1.82, 2.24) is 4.90 Å². The van der Waals surface area contributed by atoms with Gasteiger partial charge in [0.15, 0.2) is 17.8 Å². The number of carbonyl (C=O) groups excluding carboxylic acids is 2. The van der Waals surface area contributed by atoms with Gasteiger partial charge >= 0.3 is 0 Å². The molecule has 0 saturated carbocycles. The van der Waals surface area contributed by atoms with E-state index in [9.17, 15) is 9.59 Å². The van der Waals surface area contributed by atoms with Crippen LogP contribution in [-0.4, -0.2) is 29.7 Å². The summed E-state index contributed by atoms with van der Waals surface area (Å²) in [6.45, 7) is 5.76. The minimum absolute atomic E-state index is 0.0479. The Morgan fingerprint density at radius 2 is 2.10 bits per heavy atom. The fraction of sp³-hybridized carbons (Fsp3) is 0.625. The fourth-order valence-electron chi connectivity index (χ4n) is 3.56. The van der Waals surface area contributed by atoms with Crippen LogP contribution in [0.5, 0.6) is 0 Å². The fourth-order valence-corrected chi connectivity index (χ4v) is 3.56. The first-order valence-corrected chi connectivity index (χ1v) is 7.16. The lowest BCUT2D eigenvalue weighted by Crippen LogP contribution is -2.45. The van der Waals surface area contributed by atoms with Crippen LogP contribution in [0.3, 0.4) is 0 Å². The van der Waals surface area contributed by atoms with Gasteiger partial charge in [-0.15, -0.1) is 0 Å². The van der Waals surface area contributed by atoms with E-state index >= 15 is 0 Å². The summed E-state index contributed by atoms with van der Waals surface area (Å²) in [7, 11) is 1.92. The van der Waals surface area contributed by atoms with E-state index in [1.807, 2.05) is 18.1 Å². The third-order valence-electron chi connectivity index (χ3n) is 4.52. The summed E-state index contributed by atoms with van der Waals surface area (Å²) >= 11 is 0. The number of rotatable bonds is 1. The standard InChI is InChI=1S/C16H21NO3/c1-9(18)11-8-17(4)14-5-10(11)15-12(19)6-16(2,3)7-13(15)20-14/h8,10,14H,5-7H2,1-4H3/t10-,14+/m0/s1. The van der Waals surface area contributed by atoms with Gasteiger partial charge in [0.2, 0.25) is 0 Å². The van der Waals surface area contributed by atoms with Gasteiger partial charge in [0, 0.05) is 49.6 Å². The highest BCUT2D eigenvalue weighted by Gasteiger charge is 2.45. The van der Waals surface area contributed by atoms with Crippen molar-refractivity contribution in [2.24, 2.45) is 11.3 Å². The smallest absolute Gasteiger partial charge is 0.172 e. The largest absolute Gasteiger partial charge is 0.474 e. The summed E-state index contributed by atoms with van der Waals surface area (Å²) in [6, 6.07) is 0. The summed E-state index contributed by atoms with van der Waals surface area (Å²) in [6.07, 6.45) is 3.81. The van der Waals surface area contributed by atoms with E-state index in [2.05, 4.69) is 13.8 Å². The molecule has 2 bridgehead atoms. The van der Waals surface area contributed by atoms with E-state index < -0.39 is 0 Å². The molecule has 2 heterocycles. The maximum Gasteiger partial charge on any atom is 0.172 e. The molecule has 3 rings (SSSR count). The summed E-state index contributed by atoms with van der Waals surface area (Å²) in [5.74, 6) is 0.940. The van der Waals surface area contributed by atoms with Gasteiger partial charge in [0.1, 0.15) is 5.76 Å². The van der Waals surface area contributed by atoms with Crippen molar-refractivity contribution in [2.75, 3.05) is 7.05 Å². The Morgan fingerprint density at radius 3 is 2.75 bits per heavy atom. The van der Waals surface area contributed by atoms with Gasteiger partial charge in [-0.2, -0.15) is 0 Å². The van der Waals surface area contributed by atoms with Gasteiger partial charge < -0.3 is 9.64 Å². The molecule has 2 atom stereocenters. The van der Waals surface area contributed by atoms with E-state index in [1.54, 1.807) is 6.92 Å². The quantitative estimate of drug-likeness (QED) is 0.737. The molecule has 0 N–H and O–H groups in total. The SMILES string of the molecule is CC(=O)C1=CN(C)[C@H]2C[C@@H]1C1=C(CC(C)(C)CC1=O)O2. The van der Waals surface area contributed by atoms with Gasteiger partial charge in [-0.25, -0.2) is 0 Å².